The third-order valence-electron chi connectivity index (χ3n) is 4.00. The highest BCUT2D eigenvalue weighted by molar-refractivity contribution is 7.10. The van der Waals surface area contributed by atoms with Crippen LogP contribution in [-0.2, 0) is 0 Å². The molecule has 1 aromatic rings. The molecule has 1 aliphatic heterocycles. The van der Waals surface area contributed by atoms with Gasteiger partial charge in [-0.1, -0.05) is 25.8 Å². The normalized spacial score (nSPS) is 23.8. The van der Waals surface area contributed by atoms with Gasteiger partial charge >= 0.3 is 0 Å². The molecule has 2 heterocycles. The van der Waals surface area contributed by atoms with Gasteiger partial charge in [0.05, 0.1) is 6.04 Å². The Bertz CT molecular complexity index is 323. The van der Waals surface area contributed by atoms with E-state index < -0.39 is 0 Å². The van der Waals surface area contributed by atoms with Crippen molar-refractivity contribution in [2.75, 3.05) is 19.6 Å². The van der Waals surface area contributed by atoms with Crippen LogP contribution in [0.25, 0.3) is 0 Å². The molecule has 0 radical (unpaired) electrons. The lowest BCUT2D eigenvalue weighted by Gasteiger charge is -2.23. The van der Waals surface area contributed by atoms with Crippen molar-refractivity contribution in [2.45, 2.75) is 45.1 Å². The van der Waals surface area contributed by atoms with E-state index in [2.05, 4.69) is 29.3 Å². The summed E-state index contributed by atoms with van der Waals surface area (Å²) < 4.78 is 0. The Labute approximate surface area is 115 Å². The summed E-state index contributed by atoms with van der Waals surface area (Å²) in [5.41, 5.74) is 6.28. The number of nitrogens with two attached hydrogens (primary N) is 1. The molecule has 1 saturated heterocycles. The summed E-state index contributed by atoms with van der Waals surface area (Å²) in [7, 11) is 0. The fourth-order valence-electron chi connectivity index (χ4n) is 2.97. The molecule has 0 aliphatic carbocycles. The van der Waals surface area contributed by atoms with Crippen LogP contribution in [0.15, 0.2) is 17.5 Å². The first-order chi connectivity index (χ1) is 8.79. The van der Waals surface area contributed by atoms with E-state index in [0.29, 0.717) is 0 Å². The summed E-state index contributed by atoms with van der Waals surface area (Å²) in [5, 5.41) is 2.12. The molecule has 1 aliphatic rings. The minimum atomic E-state index is 0.202. The maximum Gasteiger partial charge on any atom is 0.0519 e. The predicted octanol–water partition coefficient (Wildman–Crippen LogP) is 3.65. The fourth-order valence-corrected chi connectivity index (χ4v) is 3.70. The average molecular weight is 266 g/mol. The SMILES string of the molecule is CCCC1CCCN(CC(N)c2cccs2)CC1. The highest BCUT2D eigenvalue weighted by atomic mass is 32.1. The third kappa shape index (κ3) is 4.08. The molecule has 1 fully saturated rings. The first-order valence-electron chi connectivity index (χ1n) is 7.31. The summed E-state index contributed by atoms with van der Waals surface area (Å²) in [5.74, 6) is 0.956. The van der Waals surface area contributed by atoms with Gasteiger partial charge in [0.1, 0.15) is 0 Å². The number of thiophene rings is 1. The molecule has 0 saturated carbocycles. The lowest BCUT2D eigenvalue weighted by atomic mass is 9.96. The van der Waals surface area contributed by atoms with E-state index in [9.17, 15) is 0 Å². The Morgan fingerprint density at radius 3 is 3.06 bits per heavy atom. The van der Waals surface area contributed by atoms with Crippen molar-refractivity contribution in [3.8, 4) is 0 Å². The standard InChI is InChI=1S/C15H26N2S/c1-2-5-13-6-3-9-17(10-8-13)12-14(16)15-7-4-11-18-15/h4,7,11,13-14H,2-3,5-6,8-10,12,16H2,1H3. The number of likely N-dealkylation sites (tertiary alicyclic amines) is 1. The fraction of sp³-hybridized carbons (Fsp3) is 0.733. The molecule has 2 nitrogen and oxygen atoms in total. The quantitative estimate of drug-likeness (QED) is 0.881. The lowest BCUT2D eigenvalue weighted by molar-refractivity contribution is 0.264. The maximum absolute atomic E-state index is 6.28. The largest absolute Gasteiger partial charge is 0.322 e. The topological polar surface area (TPSA) is 29.3 Å². The number of rotatable bonds is 5. The van der Waals surface area contributed by atoms with Gasteiger partial charge in [-0.25, -0.2) is 0 Å². The van der Waals surface area contributed by atoms with Crippen molar-refractivity contribution < 1.29 is 0 Å². The first kappa shape index (κ1) is 14.0. The van der Waals surface area contributed by atoms with E-state index in [4.69, 9.17) is 5.73 Å². The van der Waals surface area contributed by atoms with E-state index in [0.717, 1.165) is 12.5 Å². The zero-order valence-corrected chi connectivity index (χ0v) is 12.3. The van der Waals surface area contributed by atoms with E-state index in [-0.39, 0.29) is 6.04 Å². The smallest absolute Gasteiger partial charge is 0.0519 e. The Balaban J connectivity index is 1.79. The minimum absolute atomic E-state index is 0.202. The van der Waals surface area contributed by atoms with Crippen molar-refractivity contribution in [2.24, 2.45) is 11.7 Å². The van der Waals surface area contributed by atoms with Crippen LogP contribution in [0, 0.1) is 5.92 Å². The third-order valence-corrected chi connectivity index (χ3v) is 5.00. The van der Waals surface area contributed by atoms with E-state index in [1.165, 1.54) is 50.1 Å². The van der Waals surface area contributed by atoms with Gasteiger partial charge in [0.2, 0.25) is 0 Å². The molecule has 2 N–H and O–H groups in total. The highest BCUT2D eigenvalue weighted by Gasteiger charge is 2.18. The zero-order chi connectivity index (χ0) is 12.8. The number of hydrogen-bond acceptors (Lipinski definition) is 3. The molecule has 18 heavy (non-hydrogen) atoms. The molecule has 1 aromatic heterocycles. The molecule has 0 spiro atoms. The van der Waals surface area contributed by atoms with E-state index in [1.54, 1.807) is 11.3 Å². The minimum Gasteiger partial charge on any atom is -0.322 e. The summed E-state index contributed by atoms with van der Waals surface area (Å²) in [6.45, 7) is 5.80. The predicted molar refractivity (Wildman–Crippen MR) is 79.9 cm³/mol. The maximum atomic E-state index is 6.28. The van der Waals surface area contributed by atoms with Gasteiger partial charge in [0, 0.05) is 11.4 Å². The Morgan fingerprint density at radius 2 is 2.33 bits per heavy atom. The molecule has 0 bridgehead atoms. The van der Waals surface area contributed by atoms with Gasteiger partial charge in [-0.2, -0.15) is 0 Å². The van der Waals surface area contributed by atoms with Crippen LogP contribution >= 0.6 is 11.3 Å². The summed E-state index contributed by atoms with van der Waals surface area (Å²) in [4.78, 5) is 3.89. The molecule has 102 valence electrons. The first-order valence-corrected chi connectivity index (χ1v) is 8.19. The van der Waals surface area contributed by atoms with E-state index >= 15 is 0 Å². The van der Waals surface area contributed by atoms with Crippen molar-refractivity contribution in [3.63, 3.8) is 0 Å². The second-order valence-electron chi connectivity index (χ2n) is 5.51. The van der Waals surface area contributed by atoms with Crippen LogP contribution in [0.1, 0.15) is 49.9 Å². The van der Waals surface area contributed by atoms with E-state index in [1.807, 2.05) is 0 Å². The summed E-state index contributed by atoms with van der Waals surface area (Å²) in [6, 6.07) is 4.46. The van der Waals surface area contributed by atoms with Crippen molar-refractivity contribution in [1.29, 1.82) is 0 Å². The Hall–Kier alpha value is -0.380. The van der Waals surface area contributed by atoms with Gasteiger partial charge in [-0.05, 0) is 49.7 Å². The van der Waals surface area contributed by atoms with Gasteiger partial charge in [-0.3, -0.25) is 0 Å². The van der Waals surface area contributed by atoms with Gasteiger partial charge in [-0.15, -0.1) is 11.3 Å². The van der Waals surface area contributed by atoms with Crippen LogP contribution < -0.4 is 5.73 Å². The molecule has 2 atom stereocenters. The van der Waals surface area contributed by atoms with Crippen molar-refractivity contribution in [3.05, 3.63) is 22.4 Å². The molecule has 0 amide bonds. The van der Waals surface area contributed by atoms with Crippen LogP contribution in [0.4, 0.5) is 0 Å². The van der Waals surface area contributed by atoms with Gasteiger partial charge in [0.15, 0.2) is 0 Å². The van der Waals surface area contributed by atoms with Crippen LogP contribution in [0.2, 0.25) is 0 Å². The monoisotopic (exact) mass is 266 g/mol. The average Bonchev–Trinajstić information content (AvgIpc) is 2.81. The van der Waals surface area contributed by atoms with Gasteiger partial charge in [0.25, 0.3) is 0 Å². The van der Waals surface area contributed by atoms with Gasteiger partial charge < -0.3 is 10.6 Å². The van der Waals surface area contributed by atoms with Crippen LogP contribution in [0.5, 0.6) is 0 Å². The Morgan fingerprint density at radius 1 is 1.44 bits per heavy atom. The summed E-state index contributed by atoms with van der Waals surface area (Å²) in [6.07, 6.45) is 6.87. The summed E-state index contributed by atoms with van der Waals surface area (Å²) >= 11 is 1.78. The molecule has 0 aromatic carbocycles. The Kier molecular flexibility index (Phi) is 5.67. The molecule has 2 rings (SSSR count). The molecular weight excluding hydrogens is 240 g/mol. The number of nitrogens with zero attached hydrogens (tertiary/aromatic N) is 1. The zero-order valence-electron chi connectivity index (χ0n) is 11.5. The second kappa shape index (κ2) is 7.27. The van der Waals surface area contributed by atoms with Crippen LogP contribution in [0.3, 0.4) is 0 Å². The molecule has 2 unspecified atom stereocenters. The second-order valence-corrected chi connectivity index (χ2v) is 6.49. The molecular formula is C15H26N2S. The molecule has 3 heteroatoms. The lowest BCUT2D eigenvalue weighted by Crippen LogP contribution is -2.32. The van der Waals surface area contributed by atoms with Crippen molar-refractivity contribution in [1.82, 2.24) is 4.90 Å². The van der Waals surface area contributed by atoms with Crippen molar-refractivity contribution >= 4 is 11.3 Å². The van der Waals surface area contributed by atoms with Crippen LogP contribution in [-0.4, -0.2) is 24.5 Å². The number of hydrogen-bond donors (Lipinski definition) is 1. The highest BCUT2D eigenvalue weighted by Crippen LogP contribution is 2.24.